The van der Waals surface area contributed by atoms with Crippen LogP contribution in [0.5, 0.6) is 0 Å². The highest BCUT2D eigenvalue weighted by atomic mass is 79.9. The number of ether oxygens (including phenoxy) is 1. The number of rotatable bonds is 4. The molecule has 4 nitrogen and oxygen atoms in total. The van der Waals surface area contributed by atoms with Gasteiger partial charge in [0.1, 0.15) is 6.33 Å². The van der Waals surface area contributed by atoms with E-state index < -0.39 is 11.7 Å². The molecule has 20 heavy (non-hydrogen) atoms. The Balaban J connectivity index is 2.41. The summed E-state index contributed by atoms with van der Waals surface area (Å²) >= 11 is 2.91. The van der Waals surface area contributed by atoms with E-state index in [1.165, 1.54) is 12.4 Å². The summed E-state index contributed by atoms with van der Waals surface area (Å²) in [5, 5.41) is 7.60. The fourth-order valence-electron chi connectivity index (χ4n) is 1.71. The predicted molar refractivity (Wildman–Crippen MR) is 70.0 cm³/mol. The average molecular weight is 350 g/mol. The Morgan fingerprint density at radius 2 is 2.10 bits per heavy atom. The summed E-state index contributed by atoms with van der Waals surface area (Å²) in [6, 6.07) is 3.97. The van der Waals surface area contributed by atoms with Gasteiger partial charge in [-0.15, -0.1) is 10.2 Å². The van der Waals surface area contributed by atoms with Crippen molar-refractivity contribution in [2.75, 3.05) is 13.7 Å². The minimum absolute atomic E-state index is 0.00305. The average Bonchev–Trinajstić information content (AvgIpc) is 2.84. The van der Waals surface area contributed by atoms with Crippen molar-refractivity contribution in [1.29, 1.82) is 0 Å². The predicted octanol–water partition coefficient (Wildman–Crippen LogP) is 3.37. The first-order valence-electron chi connectivity index (χ1n) is 5.67. The lowest BCUT2D eigenvalue weighted by atomic mass is 10.1. The van der Waals surface area contributed by atoms with Crippen LogP contribution in [0.1, 0.15) is 5.56 Å². The third-order valence-electron chi connectivity index (χ3n) is 2.68. The quantitative estimate of drug-likeness (QED) is 0.849. The molecule has 0 amide bonds. The number of aromatic nitrogens is 3. The highest BCUT2D eigenvalue weighted by Gasteiger charge is 2.33. The molecule has 2 rings (SSSR count). The van der Waals surface area contributed by atoms with Gasteiger partial charge in [0.05, 0.1) is 12.2 Å². The zero-order chi connectivity index (χ0) is 14.8. The summed E-state index contributed by atoms with van der Waals surface area (Å²) in [5.74, 6) is 0.375. The van der Waals surface area contributed by atoms with E-state index in [4.69, 9.17) is 4.74 Å². The molecule has 108 valence electrons. The largest absolute Gasteiger partial charge is 0.417 e. The van der Waals surface area contributed by atoms with E-state index in [1.807, 2.05) is 0 Å². The van der Waals surface area contributed by atoms with Gasteiger partial charge in [0, 0.05) is 23.7 Å². The second-order valence-electron chi connectivity index (χ2n) is 4.03. The van der Waals surface area contributed by atoms with Gasteiger partial charge in [0.15, 0.2) is 5.82 Å². The van der Waals surface area contributed by atoms with Crippen LogP contribution in [0.3, 0.4) is 0 Å². The number of hydrogen-bond acceptors (Lipinski definition) is 3. The number of alkyl halides is 3. The molecule has 1 aromatic carbocycles. The summed E-state index contributed by atoms with van der Waals surface area (Å²) in [7, 11) is 1.55. The molecule has 2 aromatic rings. The highest BCUT2D eigenvalue weighted by Crippen LogP contribution is 2.36. The van der Waals surface area contributed by atoms with Crippen molar-refractivity contribution in [3.8, 4) is 11.4 Å². The second kappa shape index (κ2) is 5.92. The molecule has 1 aromatic heterocycles. The molecule has 0 bridgehead atoms. The van der Waals surface area contributed by atoms with Crippen LogP contribution in [0.2, 0.25) is 0 Å². The van der Waals surface area contributed by atoms with E-state index >= 15 is 0 Å². The van der Waals surface area contributed by atoms with Crippen molar-refractivity contribution in [3.63, 3.8) is 0 Å². The van der Waals surface area contributed by atoms with Crippen LogP contribution in [0, 0.1) is 0 Å². The molecular weight excluding hydrogens is 339 g/mol. The third kappa shape index (κ3) is 3.18. The Morgan fingerprint density at radius 3 is 2.75 bits per heavy atom. The van der Waals surface area contributed by atoms with Gasteiger partial charge in [-0.1, -0.05) is 22.0 Å². The molecule has 0 saturated carbocycles. The second-order valence-corrected chi connectivity index (χ2v) is 4.89. The molecule has 0 unspecified atom stereocenters. The van der Waals surface area contributed by atoms with Gasteiger partial charge in [-0.05, 0) is 12.1 Å². The standard InChI is InChI=1S/C12H11BrF3N3O/c1-20-5-4-19-7-17-18-11(19)8-2-3-10(13)9(6-8)12(14,15)16/h2-3,6-7H,4-5H2,1H3. The van der Waals surface area contributed by atoms with E-state index in [9.17, 15) is 13.2 Å². The smallest absolute Gasteiger partial charge is 0.383 e. The van der Waals surface area contributed by atoms with Gasteiger partial charge in [-0.2, -0.15) is 13.2 Å². The van der Waals surface area contributed by atoms with E-state index in [0.717, 1.165) is 6.07 Å². The summed E-state index contributed by atoms with van der Waals surface area (Å²) in [5.41, 5.74) is -0.384. The van der Waals surface area contributed by atoms with Crippen molar-refractivity contribution < 1.29 is 17.9 Å². The maximum Gasteiger partial charge on any atom is 0.417 e. The van der Waals surface area contributed by atoms with E-state index in [1.54, 1.807) is 17.7 Å². The molecule has 0 aliphatic carbocycles. The van der Waals surface area contributed by atoms with Gasteiger partial charge in [0.2, 0.25) is 0 Å². The van der Waals surface area contributed by atoms with Crippen LogP contribution < -0.4 is 0 Å². The van der Waals surface area contributed by atoms with Crippen molar-refractivity contribution in [2.24, 2.45) is 0 Å². The minimum Gasteiger partial charge on any atom is -0.383 e. The van der Waals surface area contributed by atoms with Crippen molar-refractivity contribution in [3.05, 3.63) is 34.6 Å². The van der Waals surface area contributed by atoms with Crippen LogP contribution in [0.25, 0.3) is 11.4 Å². The first kappa shape index (κ1) is 15.0. The number of nitrogens with zero attached hydrogens (tertiary/aromatic N) is 3. The Hall–Kier alpha value is -1.41. The minimum atomic E-state index is -4.42. The number of halogens is 4. The molecule has 0 spiro atoms. The first-order valence-corrected chi connectivity index (χ1v) is 6.46. The van der Waals surface area contributed by atoms with Crippen LogP contribution in [0.15, 0.2) is 29.0 Å². The van der Waals surface area contributed by atoms with Crippen LogP contribution in [0.4, 0.5) is 13.2 Å². The summed E-state index contributed by atoms with van der Waals surface area (Å²) in [6.07, 6.45) is -2.96. The Kier molecular flexibility index (Phi) is 4.44. The van der Waals surface area contributed by atoms with Crippen LogP contribution in [-0.2, 0) is 17.5 Å². The summed E-state index contributed by atoms with van der Waals surface area (Å²) in [6.45, 7) is 0.893. The third-order valence-corrected chi connectivity index (χ3v) is 3.37. The maximum atomic E-state index is 12.9. The van der Waals surface area contributed by atoms with E-state index in [-0.39, 0.29) is 4.47 Å². The van der Waals surface area contributed by atoms with Gasteiger partial charge < -0.3 is 9.30 Å². The van der Waals surface area contributed by atoms with Gasteiger partial charge in [-0.3, -0.25) is 0 Å². The zero-order valence-corrected chi connectivity index (χ0v) is 12.1. The van der Waals surface area contributed by atoms with Crippen molar-refractivity contribution >= 4 is 15.9 Å². The summed E-state index contributed by atoms with van der Waals surface area (Å²) in [4.78, 5) is 0. The molecule has 0 aliphatic rings. The molecule has 0 atom stereocenters. The SMILES string of the molecule is COCCn1cnnc1-c1ccc(Br)c(C(F)(F)F)c1. The molecular formula is C12H11BrF3N3O. The lowest BCUT2D eigenvalue weighted by Crippen LogP contribution is -2.08. The topological polar surface area (TPSA) is 39.9 Å². The number of benzene rings is 1. The highest BCUT2D eigenvalue weighted by molar-refractivity contribution is 9.10. The monoisotopic (exact) mass is 349 g/mol. The maximum absolute atomic E-state index is 12.9. The zero-order valence-electron chi connectivity index (χ0n) is 10.5. The van der Waals surface area contributed by atoms with Gasteiger partial charge >= 0.3 is 6.18 Å². The van der Waals surface area contributed by atoms with Crippen LogP contribution >= 0.6 is 15.9 Å². The molecule has 0 aliphatic heterocycles. The van der Waals surface area contributed by atoms with E-state index in [0.29, 0.717) is 24.5 Å². The van der Waals surface area contributed by atoms with Crippen LogP contribution in [-0.4, -0.2) is 28.5 Å². The summed E-state index contributed by atoms with van der Waals surface area (Å²) < 4.78 is 45.2. The van der Waals surface area contributed by atoms with Crippen molar-refractivity contribution in [1.82, 2.24) is 14.8 Å². The Morgan fingerprint density at radius 1 is 1.35 bits per heavy atom. The molecule has 0 fully saturated rings. The lowest BCUT2D eigenvalue weighted by Gasteiger charge is -2.11. The first-order chi connectivity index (χ1) is 9.43. The van der Waals surface area contributed by atoms with Crippen molar-refractivity contribution in [2.45, 2.75) is 12.7 Å². The molecule has 0 radical (unpaired) electrons. The molecule has 8 heteroatoms. The lowest BCUT2D eigenvalue weighted by molar-refractivity contribution is -0.138. The molecule has 0 saturated heterocycles. The Bertz CT molecular complexity index is 598. The molecule has 1 heterocycles. The normalized spacial score (nSPS) is 11.8. The van der Waals surface area contributed by atoms with Gasteiger partial charge in [0.25, 0.3) is 0 Å². The Labute approximate surface area is 121 Å². The fourth-order valence-corrected chi connectivity index (χ4v) is 2.18. The number of methoxy groups -OCH3 is 1. The fraction of sp³-hybridized carbons (Fsp3) is 0.333. The van der Waals surface area contributed by atoms with E-state index in [2.05, 4.69) is 26.1 Å². The number of hydrogen-bond donors (Lipinski definition) is 0. The molecule has 0 N–H and O–H groups in total. The van der Waals surface area contributed by atoms with Gasteiger partial charge in [-0.25, -0.2) is 0 Å².